The van der Waals surface area contributed by atoms with Crippen LogP contribution in [0.15, 0.2) is 84.3 Å². The largest absolute Gasteiger partial charge is 0.489 e. The Labute approximate surface area is 200 Å². The van der Waals surface area contributed by atoms with Crippen molar-refractivity contribution in [2.24, 2.45) is 0 Å². The molecule has 0 aliphatic carbocycles. The van der Waals surface area contributed by atoms with Crippen LogP contribution >= 0.6 is 11.6 Å². The Balaban J connectivity index is 1.52. The Kier molecular flexibility index (Phi) is 6.58. The number of hydrogen-bond donors (Lipinski definition) is 1. The fraction of sp³-hybridized carbons (Fsp3) is 0.308. The molecule has 1 N–H and O–H groups in total. The molecule has 1 atom stereocenters. The molecule has 0 radical (unpaired) electrons. The molecule has 1 unspecified atom stereocenters. The third-order valence-corrected chi connectivity index (χ3v) is 6.20. The molecule has 0 bridgehead atoms. The minimum atomic E-state index is -1.02. The molecule has 0 saturated carbocycles. The van der Waals surface area contributed by atoms with E-state index in [1.165, 1.54) is 0 Å². The van der Waals surface area contributed by atoms with Crippen molar-refractivity contribution in [2.75, 3.05) is 16.3 Å². The van der Waals surface area contributed by atoms with E-state index >= 15 is 0 Å². The van der Waals surface area contributed by atoms with Crippen LogP contribution < -0.4 is 9.80 Å². The third-order valence-electron chi connectivity index (χ3n) is 5.75. The molecular weight excluding hydrogens is 436 g/mol. The molecule has 6 nitrogen and oxygen atoms in total. The molecule has 172 valence electrons. The van der Waals surface area contributed by atoms with Crippen LogP contribution in [0.25, 0.3) is 0 Å². The van der Waals surface area contributed by atoms with Gasteiger partial charge in [0.1, 0.15) is 23.7 Å². The van der Waals surface area contributed by atoms with E-state index < -0.39 is 11.1 Å². The summed E-state index contributed by atoms with van der Waals surface area (Å²) in [6, 6.07) is 5.94. The summed E-state index contributed by atoms with van der Waals surface area (Å²) in [7, 11) is 0. The predicted octanol–water partition coefficient (Wildman–Crippen LogP) is 5.21. The van der Waals surface area contributed by atoms with Gasteiger partial charge in [-0.15, -0.1) is 0 Å². The minimum absolute atomic E-state index is 0.506. The number of aryl methyl sites for hydroxylation is 1. The molecule has 0 fully saturated rings. The van der Waals surface area contributed by atoms with Gasteiger partial charge in [0.25, 0.3) is 0 Å². The second-order valence-corrected chi connectivity index (χ2v) is 9.15. The van der Waals surface area contributed by atoms with Crippen LogP contribution in [0.1, 0.15) is 31.9 Å². The van der Waals surface area contributed by atoms with Crippen molar-refractivity contribution in [3.63, 3.8) is 0 Å². The summed E-state index contributed by atoms with van der Waals surface area (Å²) in [5.41, 5.74) is 3.45. The highest BCUT2D eigenvalue weighted by molar-refractivity contribution is 6.24. The predicted molar refractivity (Wildman–Crippen MR) is 133 cm³/mol. The minimum Gasteiger partial charge on any atom is -0.489 e. The number of anilines is 2. The second-order valence-electron chi connectivity index (χ2n) is 8.74. The van der Waals surface area contributed by atoms with Crippen molar-refractivity contribution >= 4 is 23.1 Å². The van der Waals surface area contributed by atoms with Gasteiger partial charge in [0, 0.05) is 48.8 Å². The molecule has 0 amide bonds. The van der Waals surface area contributed by atoms with Crippen LogP contribution in [0.4, 0.5) is 11.5 Å². The van der Waals surface area contributed by atoms with E-state index in [1.807, 2.05) is 60.6 Å². The van der Waals surface area contributed by atoms with Crippen LogP contribution in [0.3, 0.4) is 0 Å². The number of alkyl halides is 1. The number of halogens is 1. The van der Waals surface area contributed by atoms with Crippen LogP contribution in [-0.2, 0) is 11.3 Å². The number of aromatic nitrogens is 2. The average molecular weight is 465 g/mol. The Bertz CT molecular complexity index is 1130. The zero-order valence-corrected chi connectivity index (χ0v) is 20.1. The number of aliphatic hydroxyl groups is 1. The maximum Gasteiger partial charge on any atom is 0.136 e. The van der Waals surface area contributed by atoms with Crippen LogP contribution in [-0.4, -0.2) is 32.7 Å². The number of nitrogens with zero attached hydrogens (tertiary/aromatic N) is 4. The van der Waals surface area contributed by atoms with E-state index in [4.69, 9.17) is 16.3 Å². The van der Waals surface area contributed by atoms with E-state index in [9.17, 15) is 5.11 Å². The van der Waals surface area contributed by atoms with Crippen LogP contribution in [0, 0.1) is 6.92 Å². The zero-order chi connectivity index (χ0) is 23.6. The van der Waals surface area contributed by atoms with Gasteiger partial charge >= 0.3 is 0 Å². The monoisotopic (exact) mass is 464 g/mol. The maximum atomic E-state index is 10.5. The van der Waals surface area contributed by atoms with Crippen LogP contribution in [0.5, 0.6) is 0 Å². The summed E-state index contributed by atoms with van der Waals surface area (Å²) >= 11 is 6.73. The normalized spacial score (nSPS) is 18.6. The number of pyridine rings is 2. The molecule has 0 spiro atoms. The molecule has 0 saturated heterocycles. The molecule has 7 heteroatoms. The van der Waals surface area contributed by atoms with E-state index in [0.29, 0.717) is 13.2 Å². The maximum absolute atomic E-state index is 10.5. The summed E-state index contributed by atoms with van der Waals surface area (Å²) in [6.45, 7) is 8.79. The second kappa shape index (κ2) is 9.41. The van der Waals surface area contributed by atoms with E-state index in [0.717, 1.165) is 39.7 Å². The van der Waals surface area contributed by atoms with Crippen molar-refractivity contribution in [3.05, 3.63) is 95.4 Å². The van der Waals surface area contributed by atoms with Gasteiger partial charge in [-0.1, -0.05) is 17.7 Å². The Morgan fingerprint density at radius 3 is 2.70 bits per heavy atom. The van der Waals surface area contributed by atoms with Crippen molar-refractivity contribution in [1.29, 1.82) is 0 Å². The molecule has 2 aromatic heterocycles. The van der Waals surface area contributed by atoms with Gasteiger partial charge in [-0.2, -0.15) is 0 Å². The lowest BCUT2D eigenvalue weighted by molar-refractivity contribution is 0.116. The summed E-state index contributed by atoms with van der Waals surface area (Å²) in [6.07, 6.45) is 15.1. The van der Waals surface area contributed by atoms with Gasteiger partial charge in [-0.25, -0.2) is 4.98 Å². The van der Waals surface area contributed by atoms with Crippen LogP contribution in [0.2, 0.25) is 0 Å². The van der Waals surface area contributed by atoms with Crippen molar-refractivity contribution in [2.45, 2.75) is 45.4 Å². The fourth-order valence-electron chi connectivity index (χ4n) is 3.87. The topological polar surface area (TPSA) is 61.7 Å². The molecular formula is C26H29ClN4O2. The molecule has 0 aromatic carbocycles. The Hall–Kier alpha value is -3.09. The summed E-state index contributed by atoms with van der Waals surface area (Å²) < 4.78 is 5.98. The van der Waals surface area contributed by atoms with Crippen molar-refractivity contribution in [1.82, 2.24) is 9.97 Å². The van der Waals surface area contributed by atoms with Gasteiger partial charge in [-0.3, -0.25) is 4.98 Å². The number of rotatable bonds is 6. The van der Waals surface area contributed by atoms with Gasteiger partial charge in [0.05, 0.1) is 5.60 Å². The first-order valence-corrected chi connectivity index (χ1v) is 11.4. The lowest BCUT2D eigenvalue weighted by Crippen LogP contribution is -2.39. The van der Waals surface area contributed by atoms with Gasteiger partial charge in [0.2, 0.25) is 0 Å². The van der Waals surface area contributed by atoms with Gasteiger partial charge in [0.15, 0.2) is 0 Å². The molecule has 2 aliphatic heterocycles. The first-order valence-electron chi connectivity index (χ1n) is 10.9. The SMILES string of the molecule is CC1=CC(OCc2ccncc2)=CCN1c1cc(N2C=CC=C(C(C)(C)O)C2Cl)ncc1C. The van der Waals surface area contributed by atoms with Crippen molar-refractivity contribution < 1.29 is 9.84 Å². The van der Waals surface area contributed by atoms with E-state index in [1.54, 1.807) is 26.2 Å². The number of ether oxygens (including phenoxy) is 1. The number of allylic oxidation sites excluding steroid dienone is 4. The van der Waals surface area contributed by atoms with Gasteiger partial charge in [-0.05, 0) is 74.8 Å². The average Bonchev–Trinajstić information content (AvgIpc) is 2.79. The Morgan fingerprint density at radius 1 is 1.24 bits per heavy atom. The van der Waals surface area contributed by atoms with E-state index in [2.05, 4.69) is 27.9 Å². The van der Waals surface area contributed by atoms with E-state index in [-0.39, 0.29) is 0 Å². The molecule has 4 rings (SSSR count). The standard InChI is InChI=1S/C26H29ClN4O2/c1-18-16-29-24(31-12-5-6-22(25(31)27)26(3,4)32)15-23(18)30-13-9-21(14-19(30)2)33-17-20-7-10-28-11-8-20/h5-12,14-16,25,32H,13,17H2,1-4H3. The van der Waals surface area contributed by atoms with Crippen molar-refractivity contribution in [3.8, 4) is 0 Å². The molecule has 4 heterocycles. The summed E-state index contributed by atoms with van der Waals surface area (Å²) in [4.78, 5) is 12.8. The highest BCUT2D eigenvalue weighted by Crippen LogP contribution is 2.35. The summed E-state index contributed by atoms with van der Waals surface area (Å²) in [5.74, 6) is 1.57. The number of hydrogen-bond acceptors (Lipinski definition) is 6. The zero-order valence-electron chi connectivity index (χ0n) is 19.4. The quantitative estimate of drug-likeness (QED) is 0.468. The lowest BCUT2D eigenvalue weighted by atomic mass is 9.95. The third kappa shape index (κ3) is 5.13. The highest BCUT2D eigenvalue weighted by atomic mass is 35.5. The summed E-state index contributed by atoms with van der Waals surface area (Å²) in [5, 5.41) is 10.5. The smallest absolute Gasteiger partial charge is 0.136 e. The lowest BCUT2D eigenvalue weighted by Gasteiger charge is -2.35. The molecule has 33 heavy (non-hydrogen) atoms. The molecule has 2 aromatic rings. The fourth-order valence-corrected chi connectivity index (χ4v) is 4.37. The molecule has 2 aliphatic rings. The Morgan fingerprint density at radius 2 is 2.00 bits per heavy atom. The van der Waals surface area contributed by atoms with Gasteiger partial charge < -0.3 is 19.6 Å². The first kappa shape index (κ1) is 23.1. The highest BCUT2D eigenvalue weighted by Gasteiger charge is 2.32. The first-order chi connectivity index (χ1) is 15.7.